The van der Waals surface area contributed by atoms with Crippen molar-refractivity contribution in [2.75, 3.05) is 40.2 Å². The number of nitrogens with one attached hydrogen (secondary N) is 6. The van der Waals surface area contributed by atoms with Crippen LogP contribution in [0.1, 0.15) is 125 Å². The summed E-state index contributed by atoms with van der Waals surface area (Å²) in [4.78, 5) is 137. The minimum absolute atomic E-state index is 0.0909. The molecule has 10 amide bonds. The van der Waals surface area contributed by atoms with Crippen LogP contribution in [0.4, 0.5) is 10.5 Å². The van der Waals surface area contributed by atoms with Gasteiger partial charge in [-0.3, -0.25) is 48.1 Å². The van der Waals surface area contributed by atoms with Crippen molar-refractivity contribution in [3.05, 3.63) is 65.7 Å². The van der Waals surface area contributed by atoms with E-state index in [9.17, 15) is 53.1 Å². The molecule has 1 aliphatic heterocycles. The van der Waals surface area contributed by atoms with E-state index in [4.69, 9.17) is 19.9 Å². The maximum Gasteiger partial charge on any atom is 0.410 e. The summed E-state index contributed by atoms with van der Waals surface area (Å²) in [5.74, 6) is -6.88. The Morgan fingerprint density at radius 2 is 1.31 bits per heavy atom. The first-order valence-electron chi connectivity index (χ1n) is 28.4. The Labute approximate surface area is 488 Å². The molecule has 3 rings (SSSR count). The van der Waals surface area contributed by atoms with Gasteiger partial charge in [0, 0.05) is 47.5 Å². The van der Waals surface area contributed by atoms with Gasteiger partial charge >= 0.3 is 6.09 Å². The van der Waals surface area contributed by atoms with Crippen molar-refractivity contribution >= 4 is 64.9 Å². The highest BCUT2D eigenvalue weighted by atomic mass is 16.6. The van der Waals surface area contributed by atoms with Crippen LogP contribution >= 0.6 is 0 Å². The van der Waals surface area contributed by atoms with Gasteiger partial charge in [0.1, 0.15) is 36.8 Å². The first kappa shape index (κ1) is 70.1. The Bertz CT molecular complexity index is 2520. The predicted molar refractivity (Wildman–Crippen MR) is 310 cm³/mol. The maximum absolute atomic E-state index is 14.7. The molecule has 9 N–H and O–H groups in total. The van der Waals surface area contributed by atoms with Crippen molar-refractivity contribution in [3.8, 4) is 0 Å². The number of primary amides is 1. The van der Waals surface area contributed by atoms with E-state index in [2.05, 4.69) is 31.9 Å². The molecule has 1 heterocycles. The molecule has 0 aliphatic carbocycles. The number of anilines is 1. The number of nitrogens with two attached hydrogens (primary N) is 1. The van der Waals surface area contributed by atoms with Crippen LogP contribution < -0.4 is 37.6 Å². The average molecular weight is 1170 g/mol. The molecular weight excluding hydrogens is 1070 g/mol. The zero-order valence-electron chi connectivity index (χ0n) is 51.0. The summed E-state index contributed by atoms with van der Waals surface area (Å²) in [5.41, 5.74) is 6.78. The predicted octanol–water partition coefficient (Wildman–Crippen LogP) is 2.91. The number of likely N-dealkylation sites (N-methyl/N-ethyl adjacent to an activating group) is 2. The number of rotatable bonds is 31. The van der Waals surface area contributed by atoms with Crippen molar-refractivity contribution in [3.63, 3.8) is 0 Å². The first-order chi connectivity index (χ1) is 39.0. The summed E-state index contributed by atoms with van der Waals surface area (Å²) in [7, 11) is 6.05. The highest BCUT2D eigenvalue weighted by Crippen LogP contribution is 2.30. The van der Waals surface area contributed by atoms with Crippen molar-refractivity contribution < 1.29 is 67.3 Å². The summed E-state index contributed by atoms with van der Waals surface area (Å²) >= 11 is 0. The zero-order valence-corrected chi connectivity index (χ0v) is 51.0. The molecular formula is C59H92N10O14. The highest BCUT2D eigenvalue weighted by molar-refractivity contribution is 6.01. The Kier molecular flexibility index (Phi) is 28.0. The average Bonchev–Trinajstić information content (AvgIpc) is 4.21. The van der Waals surface area contributed by atoms with E-state index in [0.29, 0.717) is 36.9 Å². The maximum atomic E-state index is 14.7. The van der Waals surface area contributed by atoms with Crippen molar-refractivity contribution in [1.82, 2.24) is 41.3 Å². The van der Waals surface area contributed by atoms with Crippen LogP contribution in [-0.4, -0.2) is 174 Å². The molecule has 1 unspecified atom stereocenters. The van der Waals surface area contributed by atoms with Gasteiger partial charge in [0.05, 0.1) is 55.2 Å². The minimum atomic E-state index is -1.42. The molecule has 0 radical (unpaired) electrons. The second kappa shape index (κ2) is 33.2. The lowest BCUT2D eigenvalue weighted by molar-refractivity contribution is -0.148. The Hall–Kier alpha value is -7.18. The normalized spacial score (nSPS) is 17.6. The van der Waals surface area contributed by atoms with E-state index < -0.39 is 138 Å². The van der Waals surface area contributed by atoms with Crippen LogP contribution in [0.2, 0.25) is 0 Å². The smallest absolute Gasteiger partial charge is 0.410 e. The monoisotopic (exact) mass is 1160 g/mol. The lowest BCUT2D eigenvalue weighted by Gasteiger charge is -2.41. The fourth-order valence-electron chi connectivity index (χ4n) is 10.3. The van der Waals surface area contributed by atoms with E-state index in [1.807, 2.05) is 32.0 Å². The van der Waals surface area contributed by atoms with Gasteiger partial charge in [-0.15, -0.1) is 0 Å². The first-order valence-corrected chi connectivity index (χ1v) is 28.4. The third-order valence-electron chi connectivity index (χ3n) is 15.3. The van der Waals surface area contributed by atoms with Crippen molar-refractivity contribution in [1.29, 1.82) is 0 Å². The van der Waals surface area contributed by atoms with E-state index in [1.54, 1.807) is 77.8 Å². The molecule has 1 saturated heterocycles. The number of benzene rings is 2. The van der Waals surface area contributed by atoms with Gasteiger partial charge in [-0.05, 0) is 74.6 Å². The van der Waals surface area contributed by atoms with Crippen molar-refractivity contribution in [2.45, 2.75) is 182 Å². The molecule has 13 atom stereocenters. The number of ether oxygens (including phenoxy) is 3. The summed E-state index contributed by atoms with van der Waals surface area (Å²) < 4.78 is 17.6. The number of aliphatic hydroxyl groups is 1. The van der Waals surface area contributed by atoms with Crippen LogP contribution in [0.25, 0.3) is 0 Å². The minimum Gasteiger partial charge on any atom is -0.445 e. The second-order valence-corrected chi connectivity index (χ2v) is 22.4. The molecule has 1 fully saturated rings. The topological polar surface area (TPSA) is 327 Å². The fraction of sp³-hybridized carbons (Fsp3) is 0.627. The van der Waals surface area contributed by atoms with Gasteiger partial charge in [-0.2, -0.15) is 0 Å². The van der Waals surface area contributed by atoms with E-state index in [-0.39, 0.29) is 36.4 Å². The third-order valence-corrected chi connectivity index (χ3v) is 15.3. The van der Waals surface area contributed by atoms with Crippen LogP contribution in [0.5, 0.6) is 0 Å². The number of methoxy groups -OCH3 is 2. The Morgan fingerprint density at radius 3 is 1.86 bits per heavy atom. The molecule has 2 aromatic rings. The van der Waals surface area contributed by atoms with Gasteiger partial charge < -0.3 is 66.8 Å². The number of amides is 10. The second-order valence-electron chi connectivity index (χ2n) is 22.4. The molecule has 1 aliphatic rings. The van der Waals surface area contributed by atoms with E-state index >= 15 is 0 Å². The zero-order chi connectivity index (χ0) is 62.6. The number of likely N-dealkylation sites (tertiary alicyclic amines) is 1. The number of nitrogens with zero attached hydrogens (tertiary/aromatic N) is 3. The molecule has 24 nitrogen and oxygen atoms in total. The fourth-order valence-corrected chi connectivity index (χ4v) is 10.3. The molecule has 0 aromatic heterocycles. The quantitative estimate of drug-likeness (QED) is 0.0539. The Morgan fingerprint density at radius 1 is 0.711 bits per heavy atom. The lowest BCUT2D eigenvalue weighted by atomic mass is 9.89. The Balaban J connectivity index is 1.69. The number of carbonyl (C=O) groups excluding carboxylic acids is 10. The van der Waals surface area contributed by atoms with Crippen LogP contribution in [0, 0.1) is 23.7 Å². The van der Waals surface area contributed by atoms with E-state index in [0.717, 1.165) is 4.90 Å². The number of hydrogen-bond donors (Lipinski definition) is 8. The van der Waals surface area contributed by atoms with Crippen LogP contribution in [0.3, 0.4) is 0 Å². The van der Waals surface area contributed by atoms with Crippen LogP contribution in [-0.2, 0) is 64.0 Å². The molecule has 83 heavy (non-hydrogen) atoms. The third kappa shape index (κ3) is 20.3. The summed E-state index contributed by atoms with van der Waals surface area (Å²) in [5, 5.41) is 26.6. The summed E-state index contributed by atoms with van der Waals surface area (Å²) in [6, 6.07) is 7.84. The standard InChI is InChI=1S/C59H92N10O14/c1-16-34(6)50(45(81-14)30-47(72)69-28-20-23-44(69)52(82-15)35(7)53(74)62-36(8)51(73)41-21-18-17-19-22-41)67(12)58(79)48(32(2)3)66-57(78)49(33(4)5)68(13)59(80)83-31-40-24-26-42(27-25-40)64-56(77)43(29-46(60)71)65-55(76)38(10)63-54(75)37(9)61-39(11)70/h17-19,21-22,24-27,32-38,43-45,48-52,73H,16,20,23,28-31H2,1-15H3,(H2,60,71)(H,61,70)(H,62,74)(H,63,75)(H,64,77)(H,65,76)(H,66,78)/t34?,35-,36-,37+,38+,43+,44+,45-,48-,49-,50-,51-,52-/m1/s1. The summed E-state index contributed by atoms with van der Waals surface area (Å²) in [6.45, 7) is 18.7. The van der Waals surface area contributed by atoms with Gasteiger partial charge in [0.25, 0.3) is 0 Å². The SMILES string of the molecule is CCC(C)[C@H]([C@@H](CC(=O)N1CCC[C@H]1[C@H](OC)[C@@H](C)C(=O)N[C@H](C)[C@@H](O)c1ccccc1)OC)N(C)C(=O)[C@H](NC(=O)[C@@H](C(C)C)N(C)C(=O)OCc1ccc(NC(=O)[C@H](CC(N)=O)NC(=O)[C@H](C)NC(=O)[C@H](C)NC(C)=O)cc1)C(C)C. The molecule has 2 aromatic carbocycles. The number of carbonyl (C=O) groups is 10. The van der Waals surface area contributed by atoms with Gasteiger partial charge in [0.15, 0.2) is 0 Å². The highest BCUT2D eigenvalue weighted by Gasteiger charge is 2.44. The molecule has 462 valence electrons. The number of hydrogen-bond acceptors (Lipinski definition) is 14. The van der Waals surface area contributed by atoms with Gasteiger partial charge in [-0.25, -0.2) is 4.79 Å². The largest absolute Gasteiger partial charge is 0.445 e. The molecule has 0 spiro atoms. The summed E-state index contributed by atoms with van der Waals surface area (Å²) in [6.07, 6.45) is -1.97. The molecule has 24 heteroatoms. The van der Waals surface area contributed by atoms with Gasteiger partial charge in [0.2, 0.25) is 53.2 Å². The number of aliphatic hydroxyl groups excluding tert-OH is 1. The van der Waals surface area contributed by atoms with Crippen molar-refractivity contribution in [2.24, 2.45) is 29.4 Å². The van der Waals surface area contributed by atoms with Gasteiger partial charge in [-0.1, -0.05) is 97.4 Å². The van der Waals surface area contributed by atoms with E-state index in [1.165, 1.54) is 59.1 Å². The lowest BCUT2D eigenvalue weighted by Crippen LogP contribution is -2.60. The molecule has 0 bridgehead atoms. The molecule has 0 saturated carbocycles. The van der Waals surface area contributed by atoms with Crippen LogP contribution in [0.15, 0.2) is 54.6 Å².